The SMILES string of the molecule is Cc1scnc1C12CC3CC(CC(C3)C1)C2. The highest BCUT2D eigenvalue weighted by Crippen LogP contribution is 2.60. The van der Waals surface area contributed by atoms with Gasteiger partial charge >= 0.3 is 0 Å². The Kier molecular flexibility index (Phi) is 1.86. The highest BCUT2D eigenvalue weighted by Gasteiger charge is 2.52. The van der Waals surface area contributed by atoms with E-state index in [1.165, 1.54) is 49.1 Å². The third kappa shape index (κ3) is 1.20. The maximum absolute atomic E-state index is 4.72. The molecule has 0 N–H and O–H groups in total. The highest BCUT2D eigenvalue weighted by atomic mass is 32.1. The zero-order valence-electron chi connectivity index (χ0n) is 9.91. The molecule has 16 heavy (non-hydrogen) atoms. The smallest absolute Gasteiger partial charge is 0.0797 e. The molecule has 4 aliphatic rings. The van der Waals surface area contributed by atoms with Crippen molar-refractivity contribution in [3.63, 3.8) is 0 Å². The van der Waals surface area contributed by atoms with E-state index in [0.717, 1.165) is 17.8 Å². The molecule has 4 bridgehead atoms. The molecule has 0 radical (unpaired) electrons. The molecule has 86 valence electrons. The van der Waals surface area contributed by atoms with E-state index in [9.17, 15) is 0 Å². The summed E-state index contributed by atoms with van der Waals surface area (Å²) in [7, 11) is 0. The van der Waals surface area contributed by atoms with Gasteiger partial charge in [0.25, 0.3) is 0 Å². The van der Waals surface area contributed by atoms with Crippen LogP contribution < -0.4 is 0 Å². The molecule has 0 spiro atoms. The third-order valence-corrected chi connectivity index (χ3v) is 6.04. The first kappa shape index (κ1) is 9.64. The van der Waals surface area contributed by atoms with E-state index in [1.807, 2.05) is 11.3 Å². The van der Waals surface area contributed by atoms with Gasteiger partial charge in [0.1, 0.15) is 0 Å². The van der Waals surface area contributed by atoms with Crippen LogP contribution >= 0.6 is 11.3 Å². The summed E-state index contributed by atoms with van der Waals surface area (Å²) in [5.74, 6) is 3.10. The lowest BCUT2D eigenvalue weighted by molar-refractivity contribution is -0.00719. The molecule has 4 saturated carbocycles. The van der Waals surface area contributed by atoms with Crippen molar-refractivity contribution < 1.29 is 0 Å². The molecule has 0 aliphatic heterocycles. The number of aromatic nitrogens is 1. The van der Waals surface area contributed by atoms with Crippen LogP contribution in [-0.2, 0) is 5.41 Å². The van der Waals surface area contributed by atoms with Crippen LogP contribution in [0.5, 0.6) is 0 Å². The summed E-state index contributed by atoms with van der Waals surface area (Å²) in [5.41, 5.74) is 4.05. The fourth-order valence-electron chi connectivity index (χ4n) is 5.22. The number of rotatable bonds is 1. The van der Waals surface area contributed by atoms with Gasteiger partial charge in [-0.2, -0.15) is 0 Å². The van der Waals surface area contributed by atoms with Gasteiger partial charge in [-0.1, -0.05) is 0 Å². The number of aryl methyl sites for hydroxylation is 1. The van der Waals surface area contributed by atoms with Gasteiger partial charge in [0.15, 0.2) is 0 Å². The number of hydrogen-bond donors (Lipinski definition) is 0. The Balaban J connectivity index is 1.79. The first-order valence-corrected chi connectivity index (χ1v) is 7.54. The van der Waals surface area contributed by atoms with Gasteiger partial charge < -0.3 is 0 Å². The van der Waals surface area contributed by atoms with Crippen LogP contribution in [0.3, 0.4) is 0 Å². The fraction of sp³-hybridized carbons (Fsp3) is 0.786. The molecule has 0 unspecified atom stereocenters. The Morgan fingerprint density at radius 3 is 2.12 bits per heavy atom. The van der Waals surface area contributed by atoms with E-state index in [4.69, 9.17) is 4.98 Å². The fourth-order valence-corrected chi connectivity index (χ4v) is 5.91. The average molecular weight is 233 g/mol. The largest absolute Gasteiger partial charge is 0.249 e. The molecule has 1 heterocycles. The maximum Gasteiger partial charge on any atom is 0.0797 e. The number of hydrogen-bond acceptors (Lipinski definition) is 2. The van der Waals surface area contributed by atoms with Crippen molar-refractivity contribution in [3.05, 3.63) is 16.1 Å². The summed E-state index contributed by atoms with van der Waals surface area (Å²) in [6, 6.07) is 0. The lowest BCUT2D eigenvalue weighted by atomic mass is 9.49. The first-order chi connectivity index (χ1) is 7.75. The molecule has 0 amide bonds. The summed E-state index contributed by atoms with van der Waals surface area (Å²) in [4.78, 5) is 6.21. The summed E-state index contributed by atoms with van der Waals surface area (Å²) in [5, 5.41) is 0. The van der Waals surface area contributed by atoms with Crippen molar-refractivity contribution >= 4 is 11.3 Å². The molecule has 0 atom stereocenters. The minimum atomic E-state index is 0.513. The minimum Gasteiger partial charge on any atom is -0.249 e. The Hall–Kier alpha value is -0.370. The Morgan fingerprint density at radius 1 is 1.12 bits per heavy atom. The average Bonchev–Trinajstić information content (AvgIpc) is 2.62. The molecular formula is C14H19NS. The monoisotopic (exact) mass is 233 g/mol. The molecule has 0 saturated heterocycles. The molecule has 4 aliphatic carbocycles. The van der Waals surface area contributed by atoms with E-state index in [-0.39, 0.29) is 0 Å². The van der Waals surface area contributed by atoms with Crippen molar-refractivity contribution in [2.24, 2.45) is 17.8 Å². The first-order valence-electron chi connectivity index (χ1n) is 6.66. The summed E-state index contributed by atoms with van der Waals surface area (Å²) < 4.78 is 0. The Labute approximate surface area is 101 Å². The maximum atomic E-state index is 4.72. The molecule has 5 rings (SSSR count). The molecule has 1 aromatic rings. The molecule has 1 nitrogen and oxygen atoms in total. The second kappa shape index (κ2) is 3.10. The normalized spacial score (nSPS) is 45.2. The van der Waals surface area contributed by atoms with Gasteiger partial charge in [-0.15, -0.1) is 11.3 Å². The topological polar surface area (TPSA) is 12.9 Å². The highest BCUT2D eigenvalue weighted by molar-refractivity contribution is 7.09. The number of thiazole rings is 1. The summed E-state index contributed by atoms with van der Waals surface area (Å²) >= 11 is 1.84. The molecule has 4 fully saturated rings. The molecular weight excluding hydrogens is 214 g/mol. The van der Waals surface area contributed by atoms with Crippen LogP contribution in [0.25, 0.3) is 0 Å². The van der Waals surface area contributed by atoms with Gasteiger partial charge in [0.2, 0.25) is 0 Å². The van der Waals surface area contributed by atoms with Gasteiger partial charge in [0, 0.05) is 10.3 Å². The van der Waals surface area contributed by atoms with Crippen molar-refractivity contribution in [3.8, 4) is 0 Å². The van der Waals surface area contributed by atoms with Crippen LogP contribution in [0.1, 0.15) is 49.1 Å². The zero-order valence-corrected chi connectivity index (χ0v) is 10.7. The van der Waals surface area contributed by atoms with Crippen molar-refractivity contribution in [2.45, 2.75) is 50.9 Å². The van der Waals surface area contributed by atoms with E-state index in [1.54, 1.807) is 0 Å². The van der Waals surface area contributed by atoms with Crippen LogP contribution in [0.15, 0.2) is 5.51 Å². The van der Waals surface area contributed by atoms with Crippen molar-refractivity contribution in [1.82, 2.24) is 4.98 Å². The van der Waals surface area contributed by atoms with E-state index >= 15 is 0 Å². The van der Waals surface area contributed by atoms with Crippen LogP contribution in [0.2, 0.25) is 0 Å². The second-order valence-corrected chi connectivity index (χ2v) is 7.51. The lowest BCUT2D eigenvalue weighted by Gasteiger charge is -2.56. The Bertz CT molecular complexity index is 385. The number of nitrogens with zero attached hydrogens (tertiary/aromatic N) is 1. The van der Waals surface area contributed by atoms with Crippen molar-refractivity contribution in [1.29, 1.82) is 0 Å². The predicted molar refractivity (Wildman–Crippen MR) is 66.7 cm³/mol. The Morgan fingerprint density at radius 2 is 1.69 bits per heavy atom. The van der Waals surface area contributed by atoms with Crippen LogP contribution in [0.4, 0.5) is 0 Å². The van der Waals surface area contributed by atoms with E-state index in [0.29, 0.717) is 5.41 Å². The van der Waals surface area contributed by atoms with Gasteiger partial charge in [-0.25, -0.2) is 4.98 Å². The minimum absolute atomic E-state index is 0.513. The third-order valence-electron chi connectivity index (χ3n) is 5.29. The predicted octanol–water partition coefficient (Wildman–Crippen LogP) is 3.92. The lowest BCUT2D eigenvalue weighted by Crippen LogP contribution is -2.49. The van der Waals surface area contributed by atoms with E-state index in [2.05, 4.69) is 12.4 Å². The summed E-state index contributed by atoms with van der Waals surface area (Å²) in [6.45, 7) is 2.27. The molecule has 0 aromatic carbocycles. The molecule has 1 aromatic heterocycles. The standard InChI is InChI=1S/C14H19NS/c1-9-13(15-8-16-9)14-5-10-2-11(6-14)4-12(3-10)7-14/h8,10-12H,2-7H2,1H3. The zero-order chi connectivity index (χ0) is 10.8. The van der Waals surface area contributed by atoms with Crippen LogP contribution in [-0.4, -0.2) is 4.98 Å². The second-order valence-electron chi connectivity index (χ2n) is 6.46. The molecule has 2 heteroatoms. The van der Waals surface area contributed by atoms with Gasteiger partial charge in [-0.3, -0.25) is 0 Å². The van der Waals surface area contributed by atoms with E-state index < -0.39 is 0 Å². The van der Waals surface area contributed by atoms with Crippen molar-refractivity contribution in [2.75, 3.05) is 0 Å². The summed E-state index contributed by atoms with van der Waals surface area (Å²) in [6.07, 6.45) is 8.93. The van der Waals surface area contributed by atoms with Crippen LogP contribution in [0, 0.1) is 24.7 Å². The van der Waals surface area contributed by atoms with Gasteiger partial charge in [0.05, 0.1) is 11.2 Å². The van der Waals surface area contributed by atoms with Gasteiger partial charge in [-0.05, 0) is 63.2 Å². The quantitative estimate of drug-likeness (QED) is 0.716.